The summed E-state index contributed by atoms with van der Waals surface area (Å²) in [5.41, 5.74) is 0.145. The van der Waals surface area contributed by atoms with Gasteiger partial charge in [0.25, 0.3) is 0 Å². The van der Waals surface area contributed by atoms with E-state index in [-0.39, 0.29) is 17.1 Å². The van der Waals surface area contributed by atoms with E-state index in [1.807, 2.05) is 0 Å². The van der Waals surface area contributed by atoms with Gasteiger partial charge in [-0.15, -0.1) is 0 Å². The molecule has 1 aromatic carbocycles. The average Bonchev–Trinajstić information content (AvgIpc) is 2.16. The van der Waals surface area contributed by atoms with Crippen LogP contribution in [-0.2, 0) is 4.79 Å². The fourth-order valence-electron chi connectivity index (χ4n) is 1.02. The summed E-state index contributed by atoms with van der Waals surface area (Å²) in [7, 11) is 1.34. The Kier molecular flexibility index (Phi) is 3.17. The summed E-state index contributed by atoms with van der Waals surface area (Å²) in [6.45, 7) is 0. The maximum atomic E-state index is 11.3. The Bertz CT molecular complexity index is 409. The largest absolute Gasteiger partial charge is 0.872 e. The van der Waals surface area contributed by atoms with Gasteiger partial charge >= 0.3 is 5.97 Å². The molecule has 5 nitrogen and oxygen atoms in total. The second kappa shape index (κ2) is 4.36. The first-order valence-corrected chi connectivity index (χ1v) is 4.03. The lowest BCUT2D eigenvalue weighted by Gasteiger charge is -2.13. The van der Waals surface area contributed by atoms with Crippen molar-refractivity contribution in [3.05, 3.63) is 23.8 Å². The summed E-state index contributed by atoms with van der Waals surface area (Å²) in [6, 6.07) is 2.25. The van der Waals surface area contributed by atoms with Gasteiger partial charge in [0.15, 0.2) is 11.5 Å². The van der Waals surface area contributed by atoms with Crippen LogP contribution in [0.2, 0.25) is 0 Å². The topological polar surface area (TPSA) is 89.8 Å². The smallest absolute Gasteiger partial charge is 0.328 e. The zero-order valence-corrected chi connectivity index (χ0v) is 7.93. The van der Waals surface area contributed by atoms with Gasteiger partial charge in [-0.2, -0.15) is 0 Å². The van der Waals surface area contributed by atoms with E-state index in [0.717, 1.165) is 18.2 Å². The summed E-state index contributed by atoms with van der Waals surface area (Å²) in [5.74, 6) is -1.76. The van der Waals surface area contributed by atoms with Crippen LogP contribution in [0.1, 0.15) is 5.56 Å². The second-order valence-corrected chi connectivity index (χ2v) is 2.73. The number of carbonyl (C=O) groups is 1. The maximum absolute atomic E-state index is 11.3. The molecule has 5 heteroatoms. The number of carboxylic acids is 1. The molecule has 0 unspecified atom stereocenters. The first-order valence-electron chi connectivity index (χ1n) is 4.03. The fourth-order valence-corrected chi connectivity index (χ4v) is 1.02. The van der Waals surface area contributed by atoms with E-state index in [1.165, 1.54) is 13.2 Å². The third-order valence-electron chi connectivity index (χ3n) is 1.72. The van der Waals surface area contributed by atoms with Crippen molar-refractivity contribution >= 4 is 12.0 Å². The van der Waals surface area contributed by atoms with Crippen LogP contribution in [0.5, 0.6) is 17.2 Å². The number of aromatic hydroxyl groups is 1. The molecule has 15 heavy (non-hydrogen) atoms. The number of phenols is 1. The summed E-state index contributed by atoms with van der Waals surface area (Å²) >= 11 is 0. The molecule has 0 aliphatic carbocycles. The molecule has 0 saturated heterocycles. The Labute approximate surface area is 85.9 Å². The number of hydrogen-bond donors (Lipinski definition) is 2. The lowest BCUT2D eigenvalue weighted by molar-refractivity contribution is -0.268. The van der Waals surface area contributed by atoms with Gasteiger partial charge in [0.05, 0.1) is 7.11 Å². The van der Waals surface area contributed by atoms with Gasteiger partial charge < -0.3 is 20.1 Å². The zero-order chi connectivity index (χ0) is 11.4. The van der Waals surface area contributed by atoms with Gasteiger partial charge in [0.1, 0.15) is 0 Å². The first-order chi connectivity index (χ1) is 7.04. The normalized spacial score (nSPS) is 10.5. The highest BCUT2D eigenvalue weighted by Crippen LogP contribution is 2.32. The van der Waals surface area contributed by atoms with E-state index in [0.29, 0.717) is 0 Å². The van der Waals surface area contributed by atoms with Crippen molar-refractivity contribution in [1.82, 2.24) is 0 Å². The van der Waals surface area contributed by atoms with Crippen molar-refractivity contribution < 1.29 is 24.9 Å². The predicted molar refractivity (Wildman–Crippen MR) is 50.8 cm³/mol. The Hall–Kier alpha value is -2.17. The van der Waals surface area contributed by atoms with Crippen LogP contribution >= 0.6 is 0 Å². The number of benzene rings is 1. The molecule has 0 bridgehead atoms. The van der Waals surface area contributed by atoms with Crippen molar-refractivity contribution in [2.75, 3.05) is 7.11 Å². The van der Waals surface area contributed by atoms with Crippen molar-refractivity contribution in [3.63, 3.8) is 0 Å². The van der Waals surface area contributed by atoms with Crippen molar-refractivity contribution in [2.24, 2.45) is 0 Å². The van der Waals surface area contributed by atoms with E-state index < -0.39 is 11.7 Å². The van der Waals surface area contributed by atoms with Gasteiger partial charge in [-0.05, 0) is 23.8 Å². The minimum atomic E-state index is -1.15. The monoisotopic (exact) mass is 209 g/mol. The van der Waals surface area contributed by atoms with Crippen molar-refractivity contribution in [2.45, 2.75) is 0 Å². The van der Waals surface area contributed by atoms with Crippen LogP contribution in [0.4, 0.5) is 0 Å². The molecule has 1 rings (SSSR count). The minimum absolute atomic E-state index is 0.125. The lowest BCUT2D eigenvalue weighted by atomic mass is 10.1. The molecule has 0 saturated carbocycles. The second-order valence-electron chi connectivity index (χ2n) is 2.73. The standard InChI is InChI=1S/C10H10O5/c1-15-9-4-6(2-3-10(13)14)7(11)5-8(9)12/h2-5,11-12H,1H3,(H,13,14)/p-1/b3-2-. The molecule has 0 aliphatic heterocycles. The number of carboxylic acid groups (broad SMARTS) is 1. The van der Waals surface area contributed by atoms with E-state index in [2.05, 4.69) is 0 Å². The molecule has 1 aromatic rings. The Balaban J connectivity index is 3.13. The number of aliphatic carboxylic acids is 1. The highest BCUT2D eigenvalue weighted by molar-refractivity contribution is 5.86. The quantitative estimate of drug-likeness (QED) is 0.710. The first kappa shape index (κ1) is 10.9. The molecule has 0 aromatic heterocycles. The van der Waals surface area contributed by atoms with Crippen molar-refractivity contribution in [1.29, 1.82) is 0 Å². The van der Waals surface area contributed by atoms with Gasteiger partial charge in [-0.3, -0.25) is 0 Å². The molecule has 0 heterocycles. The SMILES string of the molecule is COc1cc(/C=C\C(=O)O)c([O-])cc1O. The summed E-state index contributed by atoms with van der Waals surface area (Å²) in [5, 5.41) is 28.9. The molecule has 0 fully saturated rings. The minimum Gasteiger partial charge on any atom is -0.872 e. The van der Waals surface area contributed by atoms with E-state index in [1.54, 1.807) is 0 Å². The molecule has 0 spiro atoms. The van der Waals surface area contributed by atoms with E-state index >= 15 is 0 Å². The molecule has 2 N–H and O–H groups in total. The van der Waals surface area contributed by atoms with Gasteiger partial charge in [-0.25, -0.2) is 4.79 Å². The Morgan fingerprint density at radius 3 is 2.73 bits per heavy atom. The van der Waals surface area contributed by atoms with Crippen LogP contribution in [0.15, 0.2) is 18.2 Å². The highest BCUT2D eigenvalue weighted by Gasteiger charge is 2.02. The molecule has 0 radical (unpaired) electrons. The molecule has 0 aliphatic rings. The van der Waals surface area contributed by atoms with Gasteiger partial charge in [0.2, 0.25) is 0 Å². The summed E-state index contributed by atoms with van der Waals surface area (Å²) < 4.78 is 4.78. The van der Waals surface area contributed by atoms with Crippen molar-refractivity contribution in [3.8, 4) is 17.2 Å². The zero-order valence-electron chi connectivity index (χ0n) is 7.93. The van der Waals surface area contributed by atoms with Crippen LogP contribution < -0.4 is 9.84 Å². The fraction of sp³-hybridized carbons (Fsp3) is 0.100. The van der Waals surface area contributed by atoms with Crippen LogP contribution in [0.25, 0.3) is 6.08 Å². The average molecular weight is 209 g/mol. The molecular weight excluding hydrogens is 200 g/mol. The van der Waals surface area contributed by atoms with Crippen LogP contribution in [-0.4, -0.2) is 23.3 Å². The third kappa shape index (κ3) is 2.63. The Morgan fingerprint density at radius 2 is 2.20 bits per heavy atom. The van der Waals surface area contributed by atoms with Gasteiger partial charge in [-0.1, -0.05) is 5.75 Å². The highest BCUT2D eigenvalue weighted by atomic mass is 16.5. The number of rotatable bonds is 3. The molecule has 0 amide bonds. The van der Waals surface area contributed by atoms with E-state index in [9.17, 15) is 15.0 Å². The number of hydrogen-bond acceptors (Lipinski definition) is 4. The molecule has 0 atom stereocenters. The summed E-state index contributed by atoms with van der Waals surface area (Å²) in [6.07, 6.45) is 1.99. The summed E-state index contributed by atoms with van der Waals surface area (Å²) in [4.78, 5) is 10.2. The predicted octanol–water partition coefficient (Wildman–Crippen LogP) is 0.572. The van der Waals surface area contributed by atoms with Crippen LogP contribution in [0, 0.1) is 0 Å². The number of ether oxygens (including phenoxy) is 1. The number of methoxy groups -OCH3 is 1. The van der Waals surface area contributed by atoms with E-state index in [4.69, 9.17) is 9.84 Å². The Morgan fingerprint density at radius 1 is 1.53 bits per heavy atom. The lowest BCUT2D eigenvalue weighted by Crippen LogP contribution is -1.95. The third-order valence-corrected chi connectivity index (χ3v) is 1.72. The molecular formula is C10H9O5-. The van der Waals surface area contributed by atoms with Crippen LogP contribution in [0.3, 0.4) is 0 Å². The maximum Gasteiger partial charge on any atom is 0.328 e. The molecule has 80 valence electrons. The van der Waals surface area contributed by atoms with Gasteiger partial charge in [0, 0.05) is 6.08 Å². The number of phenolic OH excluding ortho intramolecular Hbond substituents is 1.